The Hall–Kier alpha value is -0.910. The predicted molar refractivity (Wildman–Crippen MR) is 53.3 cm³/mol. The number of nitrogens with two attached hydrogens (primary N) is 1. The third-order valence-electron chi connectivity index (χ3n) is 2.04. The fourth-order valence-corrected chi connectivity index (χ4v) is 2.25. The van der Waals surface area contributed by atoms with E-state index in [9.17, 15) is 8.42 Å². The SMILES string of the molecule is Cc1cccc(S(N)(=O)=O)c1CCO. The van der Waals surface area contributed by atoms with Crippen molar-refractivity contribution in [1.82, 2.24) is 0 Å². The Bertz CT molecular complexity index is 426. The maximum Gasteiger partial charge on any atom is 0.238 e. The molecule has 78 valence electrons. The highest BCUT2D eigenvalue weighted by Gasteiger charge is 2.14. The van der Waals surface area contributed by atoms with Gasteiger partial charge in [-0.2, -0.15) is 0 Å². The molecule has 0 aliphatic rings. The van der Waals surface area contributed by atoms with E-state index in [4.69, 9.17) is 10.2 Å². The van der Waals surface area contributed by atoms with Crippen LogP contribution in [-0.4, -0.2) is 20.1 Å². The van der Waals surface area contributed by atoms with Crippen LogP contribution in [0.3, 0.4) is 0 Å². The highest BCUT2D eigenvalue weighted by Crippen LogP contribution is 2.18. The second-order valence-corrected chi connectivity index (χ2v) is 4.60. The maximum atomic E-state index is 11.2. The molecule has 0 saturated heterocycles. The Balaban J connectivity index is 3.36. The number of sulfonamides is 1. The molecule has 0 unspecified atom stereocenters. The molecule has 0 radical (unpaired) electrons. The second-order valence-electron chi connectivity index (χ2n) is 3.07. The van der Waals surface area contributed by atoms with Crippen molar-refractivity contribution < 1.29 is 13.5 Å². The van der Waals surface area contributed by atoms with Crippen molar-refractivity contribution in [3.8, 4) is 0 Å². The first-order valence-electron chi connectivity index (χ1n) is 4.19. The average Bonchev–Trinajstić information content (AvgIpc) is 2.07. The highest BCUT2D eigenvalue weighted by atomic mass is 32.2. The Morgan fingerprint density at radius 1 is 1.43 bits per heavy atom. The van der Waals surface area contributed by atoms with Crippen molar-refractivity contribution >= 4 is 10.0 Å². The molecule has 1 aromatic rings. The van der Waals surface area contributed by atoms with Crippen LogP contribution in [0.25, 0.3) is 0 Å². The van der Waals surface area contributed by atoms with Crippen molar-refractivity contribution in [1.29, 1.82) is 0 Å². The minimum Gasteiger partial charge on any atom is -0.396 e. The smallest absolute Gasteiger partial charge is 0.238 e. The van der Waals surface area contributed by atoms with E-state index >= 15 is 0 Å². The maximum absolute atomic E-state index is 11.2. The van der Waals surface area contributed by atoms with Gasteiger partial charge < -0.3 is 5.11 Å². The van der Waals surface area contributed by atoms with Crippen LogP contribution in [0.1, 0.15) is 11.1 Å². The minimum absolute atomic E-state index is 0.0899. The van der Waals surface area contributed by atoms with E-state index in [1.807, 2.05) is 0 Å². The highest BCUT2D eigenvalue weighted by molar-refractivity contribution is 7.89. The molecule has 0 heterocycles. The Labute approximate surface area is 83.4 Å². The van der Waals surface area contributed by atoms with Crippen LogP contribution in [0.5, 0.6) is 0 Å². The van der Waals surface area contributed by atoms with Crippen molar-refractivity contribution in [2.24, 2.45) is 5.14 Å². The Morgan fingerprint density at radius 3 is 2.57 bits per heavy atom. The Kier molecular flexibility index (Phi) is 3.25. The van der Waals surface area contributed by atoms with Crippen molar-refractivity contribution in [2.75, 3.05) is 6.61 Å². The summed E-state index contributed by atoms with van der Waals surface area (Å²) in [6.45, 7) is 1.70. The van der Waals surface area contributed by atoms with Crippen LogP contribution in [-0.2, 0) is 16.4 Å². The number of hydrogen-bond acceptors (Lipinski definition) is 3. The zero-order valence-electron chi connectivity index (χ0n) is 7.90. The zero-order valence-corrected chi connectivity index (χ0v) is 8.71. The third kappa shape index (κ3) is 2.31. The summed E-state index contributed by atoms with van der Waals surface area (Å²) in [5.41, 5.74) is 1.42. The lowest BCUT2D eigenvalue weighted by molar-refractivity contribution is 0.298. The van der Waals surface area contributed by atoms with Gasteiger partial charge in [-0.25, -0.2) is 13.6 Å². The van der Waals surface area contributed by atoms with Gasteiger partial charge in [0.15, 0.2) is 0 Å². The molecule has 1 rings (SSSR count). The number of benzene rings is 1. The Morgan fingerprint density at radius 2 is 2.07 bits per heavy atom. The molecular weight excluding hydrogens is 202 g/mol. The minimum atomic E-state index is -3.69. The molecule has 0 spiro atoms. The first-order chi connectivity index (χ1) is 6.46. The van der Waals surface area contributed by atoms with E-state index < -0.39 is 10.0 Å². The van der Waals surface area contributed by atoms with Crippen LogP contribution in [0.15, 0.2) is 23.1 Å². The standard InChI is InChI=1S/C9H13NO3S/c1-7-3-2-4-9(14(10,12)13)8(7)5-6-11/h2-4,11H,5-6H2,1H3,(H2,10,12,13). The van der Waals surface area contributed by atoms with Gasteiger partial charge in [0.2, 0.25) is 10.0 Å². The van der Waals surface area contributed by atoms with Gasteiger partial charge in [-0.3, -0.25) is 0 Å². The molecule has 0 saturated carbocycles. The lowest BCUT2D eigenvalue weighted by atomic mass is 10.1. The predicted octanol–water partition coefficient (Wildman–Crippen LogP) is 0.177. The molecule has 0 fully saturated rings. The van der Waals surface area contributed by atoms with Crippen LogP contribution in [0, 0.1) is 6.92 Å². The van der Waals surface area contributed by atoms with Gasteiger partial charge in [-0.15, -0.1) is 0 Å². The van der Waals surface area contributed by atoms with Crippen molar-refractivity contribution in [2.45, 2.75) is 18.2 Å². The molecular formula is C9H13NO3S. The molecule has 0 bridgehead atoms. The zero-order chi connectivity index (χ0) is 10.8. The van der Waals surface area contributed by atoms with Gasteiger partial charge in [0.25, 0.3) is 0 Å². The molecule has 1 aromatic carbocycles. The number of aliphatic hydroxyl groups excluding tert-OH is 1. The van der Waals surface area contributed by atoms with Crippen LogP contribution in [0.2, 0.25) is 0 Å². The number of aryl methyl sites for hydroxylation is 1. The van der Waals surface area contributed by atoms with E-state index in [1.54, 1.807) is 19.1 Å². The number of primary sulfonamides is 1. The summed E-state index contributed by atoms with van der Waals surface area (Å²) in [6.07, 6.45) is 0.304. The van der Waals surface area contributed by atoms with Gasteiger partial charge in [0.05, 0.1) is 4.90 Å². The normalized spacial score (nSPS) is 11.6. The van der Waals surface area contributed by atoms with Crippen molar-refractivity contribution in [3.63, 3.8) is 0 Å². The topological polar surface area (TPSA) is 80.4 Å². The summed E-state index contributed by atoms with van der Waals surface area (Å²) in [4.78, 5) is 0.103. The average molecular weight is 215 g/mol. The summed E-state index contributed by atoms with van der Waals surface area (Å²) in [7, 11) is -3.69. The van der Waals surface area contributed by atoms with E-state index in [2.05, 4.69) is 0 Å². The quantitative estimate of drug-likeness (QED) is 0.754. The number of aliphatic hydroxyl groups is 1. The van der Waals surface area contributed by atoms with E-state index in [0.717, 1.165) is 5.56 Å². The fourth-order valence-electron chi connectivity index (χ4n) is 1.37. The third-order valence-corrected chi connectivity index (χ3v) is 3.03. The fraction of sp³-hybridized carbons (Fsp3) is 0.333. The van der Waals surface area contributed by atoms with Crippen LogP contribution < -0.4 is 5.14 Å². The van der Waals surface area contributed by atoms with E-state index in [1.165, 1.54) is 6.07 Å². The molecule has 0 amide bonds. The van der Waals surface area contributed by atoms with E-state index in [0.29, 0.717) is 12.0 Å². The molecule has 0 aliphatic carbocycles. The largest absolute Gasteiger partial charge is 0.396 e. The summed E-state index contributed by atoms with van der Waals surface area (Å²) in [6, 6.07) is 4.88. The van der Waals surface area contributed by atoms with Gasteiger partial charge in [0, 0.05) is 6.61 Å². The van der Waals surface area contributed by atoms with Gasteiger partial charge in [0.1, 0.15) is 0 Å². The molecule has 5 heteroatoms. The summed E-state index contributed by atoms with van der Waals surface area (Å²) < 4.78 is 22.4. The van der Waals surface area contributed by atoms with Crippen LogP contribution in [0.4, 0.5) is 0 Å². The van der Waals surface area contributed by atoms with Crippen LogP contribution >= 0.6 is 0 Å². The first-order valence-corrected chi connectivity index (χ1v) is 5.73. The van der Waals surface area contributed by atoms with E-state index in [-0.39, 0.29) is 11.5 Å². The lowest BCUT2D eigenvalue weighted by Crippen LogP contribution is -2.15. The van der Waals surface area contributed by atoms with Gasteiger partial charge in [-0.1, -0.05) is 12.1 Å². The first kappa shape index (κ1) is 11.2. The molecule has 3 N–H and O–H groups in total. The summed E-state index contributed by atoms with van der Waals surface area (Å²) >= 11 is 0. The van der Waals surface area contributed by atoms with Gasteiger partial charge >= 0.3 is 0 Å². The summed E-state index contributed by atoms with van der Waals surface area (Å²) in [5.74, 6) is 0. The molecule has 14 heavy (non-hydrogen) atoms. The molecule has 0 atom stereocenters. The lowest BCUT2D eigenvalue weighted by Gasteiger charge is -2.09. The van der Waals surface area contributed by atoms with Crippen molar-refractivity contribution in [3.05, 3.63) is 29.3 Å². The molecule has 4 nitrogen and oxygen atoms in total. The number of hydrogen-bond donors (Lipinski definition) is 2. The van der Waals surface area contributed by atoms with Gasteiger partial charge in [-0.05, 0) is 30.5 Å². The molecule has 0 aliphatic heterocycles. The summed E-state index contributed by atoms with van der Waals surface area (Å²) in [5, 5.41) is 13.8. The monoisotopic (exact) mass is 215 g/mol. The second kappa shape index (κ2) is 4.08. The molecule has 0 aromatic heterocycles. The number of rotatable bonds is 3.